The van der Waals surface area contributed by atoms with Crippen molar-refractivity contribution in [3.05, 3.63) is 0 Å². The Labute approximate surface area is 87.1 Å². The van der Waals surface area contributed by atoms with Crippen molar-refractivity contribution < 1.29 is 4.28 Å². The molecule has 0 amide bonds. The van der Waals surface area contributed by atoms with Gasteiger partial charge in [0.05, 0.1) is 0 Å². The Bertz CT molecular complexity index is 53.4. The second-order valence-corrected chi connectivity index (χ2v) is 5.24. The summed E-state index contributed by atoms with van der Waals surface area (Å²) in [5, 5.41) is 2.89. The van der Waals surface area contributed by atoms with Gasteiger partial charge in [-0.1, -0.05) is 50.1 Å². The molecule has 0 unspecified atom stereocenters. The molecule has 0 aromatic heterocycles. The van der Waals surface area contributed by atoms with Gasteiger partial charge in [0.15, 0.2) is 0 Å². The highest BCUT2D eigenvalue weighted by molar-refractivity contribution is 6.08. The van der Waals surface area contributed by atoms with Crippen LogP contribution in [0, 0.1) is 11.8 Å². The predicted octanol–water partition coefficient (Wildman–Crippen LogP) is 2.13. The fourth-order valence-electron chi connectivity index (χ4n) is 0. The summed E-state index contributed by atoms with van der Waals surface area (Å²) in [5.41, 5.74) is 0. The van der Waals surface area contributed by atoms with Crippen LogP contribution in [-0.2, 0) is 0 Å². The van der Waals surface area contributed by atoms with Crippen LogP contribution < -0.4 is 0 Å². The first kappa shape index (κ1) is 13.6. The van der Waals surface area contributed by atoms with Crippen LogP contribution in [-0.4, -0.2) is 32.6 Å². The van der Waals surface area contributed by atoms with Crippen molar-refractivity contribution in [2.75, 3.05) is 0 Å². The van der Waals surface area contributed by atoms with E-state index in [0.29, 0.717) is 0 Å². The van der Waals surface area contributed by atoms with Crippen LogP contribution in [0.3, 0.4) is 0 Å². The maximum Gasteiger partial charge on any atom is 0.212 e. The molecule has 0 bridgehead atoms. The largest absolute Gasteiger partial charge is 0.212 e. The molecule has 0 aliphatic heterocycles. The third kappa shape index (κ3) is 23.0. The molecule has 0 aromatic carbocycles. The summed E-state index contributed by atoms with van der Waals surface area (Å²) in [7, 11) is 0. The lowest BCUT2D eigenvalue weighted by atomic mass is 10.3. The molecular formula is C8H28Al2. The van der Waals surface area contributed by atoms with Gasteiger partial charge in [0.2, 0.25) is 32.6 Å². The van der Waals surface area contributed by atoms with Gasteiger partial charge in [0, 0.05) is 4.28 Å². The summed E-state index contributed by atoms with van der Waals surface area (Å²) in [6.45, 7) is 9.03. The fourth-order valence-corrected chi connectivity index (χ4v) is 0. The van der Waals surface area contributed by atoms with Crippen molar-refractivity contribution in [2.45, 2.75) is 38.3 Å². The van der Waals surface area contributed by atoms with Crippen molar-refractivity contribution in [1.82, 2.24) is 0 Å². The molecule has 0 aliphatic rings. The molecule has 0 atom stereocenters. The van der Waals surface area contributed by atoms with E-state index in [1.165, 1.54) is 43.1 Å². The molecular weight excluding hydrogens is 150 g/mol. The van der Waals surface area contributed by atoms with Crippen molar-refractivity contribution in [3.8, 4) is 0 Å². The maximum atomic E-state index is 2.26. The summed E-state index contributed by atoms with van der Waals surface area (Å²) >= 11 is 2.75. The van der Waals surface area contributed by atoms with E-state index in [1.807, 2.05) is 0 Å². The first-order valence-electron chi connectivity index (χ1n) is 4.54. The molecule has 0 rings (SSSR count). The zero-order valence-electron chi connectivity index (χ0n) is 8.57. The van der Waals surface area contributed by atoms with E-state index in [9.17, 15) is 0 Å². The molecule has 0 aliphatic carbocycles. The van der Waals surface area contributed by atoms with Crippen LogP contribution in [0.1, 0.15) is 32.0 Å². The second-order valence-electron chi connectivity index (χ2n) is 3.60. The monoisotopic (exact) mass is 178 g/mol. The lowest BCUT2D eigenvalue weighted by Gasteiger charge is -1.90. The molecule has 0 nitrogen and oxygen atoms in total. The molecule has 0 fully saturated rings. The minimum Gasteiger partial charge on any atom is -0.0990 e. The van der Waals surface area contributed by atoms with E-state index in [1.54, 1.807) is 0 Å². The molecule has 0 saturated carbocycles. The normalized spacial score (nSPS) is 9.40. The minimum atomic E-state index is 0. The van der Waals surface area contributed by atoms with Crippen molar-refractivity contribution in [1.29, 1.82) is 0 Å². The molecule has 0 heterocycles. The highest BCUT2D eigenvalue weighted by Crippen LogP contribution is 1.92. The number of hydrogen-bond acceptors (Lipinski definition) is 0. The highest BCUT2D eigenvalue weighted by Gasteiger charge is 1.81. The Balaban J connectivity index is -0.0000000267. The first-order valence-corrected chi connectivity index (χ1v) is 7.37. The number of rotatable bonds is 2. The second kappa shape index (κ2) is 10.1. The summed E-state index contributed by atoms with van der Waals surface area (Å²) in [5.74, 6) is 1.89. The van der Waals surface area contributed by atoms with Gasteiger partial charge in [-0.15, -0.1) is 0 Å². The van der Waals surface area contributed by atoms with Gasteiger partial charge in [0.25, 0.3) is 0 Å². The third-order valence-electron chi connectivity index (χ3n) is 1.63. The predicted molar refractivity (Wildman–Crippen MR) is 62.7 cm³/mol. The van der Waals surface area contributed by atoms with Crippen LogP contribution in [0.5, 0.6) is 0 Å². The molecule has 10 heavy (non-hydrogen) atoms. The van der Waals surface area contributed by atoms with Gasteiger partial charge in [0.1, 0.15) is 0 Å². The van der Waals surface area contributed by atoms with Crippen molar-refractivity contribution >= 4 is 32.6 Å². The Morgan fingerprint density at radius 2 is 1.00 bits per heavy atom. The molecule has 2 heteroatoms. The van der Waals surface area contributed by atoms with E-state index >= 15 is 0 Å². The Hall–Kier alpha value is 1.06. The average Bonchev–Trinajstić information content (AvgIpc) is 1.89. The van der Waals surface area contributed by atoms with E-state index in [2.05, 4.69) is 27.7 Å². The van der Waals surface area contributed by atoms with Crippen molar-refractivity contribution in [2.24, 2.45) is 11.8 Å². The van der Waals surface area contributed by atoms with Crippen LogP contribution in [0.15, 0.2) is 0 Å². The minimum absolute atomic E-state index is 0. The molecule has 0 spiro atoms. The molecule has 0 N–H and O–H groups in total. The van der Waals surface area contributed by atoms with Gasteiger partial charge in [-0.2, -0.15) is 0 Å². The number of hydrogen-bond donors (Lipinski definition) is 0. The Kier molecular flexibility index (Phi) is 13.7. The van der Waals surface area contributed by atoms with Crippen LogP contribution in [0.2, 0.25) is 10.6 Å². The average molecular weight is 178 g/mol. The first-order chi connectivity index (χ1) is 4.54. The van der Waals surface area contributed by atoms with E-state index in [-0.39, 0.29) is 4.28 Å². The lowest BCUT2D eigenvalue weighted by molar-refractivity contribution is 0.735. The maximum absolute atomic E-state index is 2.26. The van der Waals surface area contributed by atoms with Gasteiger partial charge in [-0.3, -0.25) is 0 Å². The Morgan fingerprint density at radius 3 is 1.00 bits per heavy atom. The third-order valence-corrected chi connectivity index (χ3v) is 4.90. The van der Waals surface area contributed by atoms with Crippen LogP contribution in [0.4, 0.5) is 0 Å². The van der Waals surface area contributed by atoms with Crippen LogP contribution >= 0.6 is 0 Å². The Morgan fingerprint density at radius 1 is 0.900 bits per heavy atom. The van der Waals surface area contributed by atoms with Gasteiger partial charge >= 0.3 is 0 Å². The van der Waals surface area contributed by atoms with Crippen molar-refractivity contribution in [3.63, 3.8) is 0 Å². The summed E-state index contributed by atoms with van der Waals surface area (Å²) in [6, 6.07) is 0. The smallest absolute Gasteiger partial charge is 0.0990 e. The van der Waals surface area contributed by atoms with Crippen LogP contribution in [0.25, 0.3) is 0 Å². The molecule has 0 radical (unpaired) electrons. The summed E-state index contributed by atoms with van der Waals surface area (Å²) in [4.78, 5) is 0. The van der Waals surface area contributed by atoms with Gasteiger partial charge in [-0.25, -0.2) is 0 Å². The molecule has 0 aromatic rings. The van der Waals surface area contributed by atoms with E-state index in [4.69, 9.17) is 0 Å². The van der Waals surface area contributed by atoms with E-state index in [0.717, 1.165) is 11.8 Å². The SMILES string of the molecule is CC(C)[CH2][AlH2].CC(C)[CH2][AlH2].[HH].[HH].[HH]. The summed E-state index contributed by atoms with van der Waals surface area (Å²) in [6.07, 6.45) is 0. The zero-order chi connectivity index (χ0) is 8.57. The summed E-state index contributed by atoms with van der Waals surface area (Å²) < 4.78 is 0. The molecule has 66 valence electrons. The zero-order valence-corrected chi connectivity index (χ0v) is 12.6. The fraction of sp³-hybridized carbons (Fsp3) is 1.00. The van der Waals surface area contributed by atoms with Gasteiger partial charge < -0.3 is 0 Å². The standard InChI is InChI=1S/2C4H9.2Al.3H2.4H/c2*1-4(2)3;;;;;;;;;/h2*4H,1H2,2-3H3;;;3*1H;;;;. The lowest BCUT2D eigenvalue weighted by Crippen LogP contribution is -1.80. The topological polar surface area (TPSA) is 0 Å². The highest BCUT2D eigenvalue weighted by atomic mass is 27.0. The van der Waals surface area contributed by atoms with E-state index < -0.39 is 0 Å². The van der Waals surface area contributed by atoms with Gasteiger partial charge in [-0.05, 0) is 0 Å². The quantitative estimate of drug-likeness (QED) is 0.568. The molecule has 0 saturated heterocycles.